The van der Waals surface area contributed by atoms with Crippen LogP contribution in [0.1, 0.15) is 22.3 Å². The van der Waals surface area contributed by atoms with Crippen LogP contribution in [0.25, 0.3) is 27.9 Å². The molecule has 29 heavy (non-hydrogen) atoms. The summed E-state index contributed by atoms with van der Waals surface area (Å²) in [5.41, 5.74) is 6.46. The molecule has 3 aromatic rings. The number of phenolic OH excluding ortho intramolecular Hbond substituents is 1. The molecule has 7 heteroatoms. The zero-order valence-electron chi connectivity index (χ0n) is 16.3. The van der Waals surface area contributed by atoms with Gasteiger partial charge in [-0.25, -0.2) is 0 Å². The maximum Gasteiger partial charge on any atom is 0.159 e. The van der Waals surface area contributed by atoms with Gasteiger partial charge in [0.25, 0.3) is 0 Å². The summed E-state index contributed by atoms with van der Waals surface area (Å²) in [7, 11) is 0. The van der Waals surface area contributed by atoms with Gasteiger partial charge in [-0.05, 0) is 60.4 Å². The number of aromatic nitrogens is 1. The van der Waals surface area contributed by atoms with Crippen molar-refractivity contribution in [2.75, 3.05) is 6.61 Å². The fourth-order valence-electron chi connectivity index (χ4n) is 4.73. The number of fused-ring (bicyclic) bond motifs is 4. The Morgan fingerprint density at radius 3 is 2.69 bits per heavy atom. The number of aromatic amines is 1. The summed E-state index contributed by atoms with van der Waals surface area (Å²) in [5.74, 6) is 0.223. The van der Waals surface area contributed by atoms with Crippen LogP contribution in [0.5, 0.6) is 5.75 Å². The van der Waals surface area contributed by atoms with Crippen molar-refractivity contribution in [3.8, 4) is 5.75 Å². The number of aliphatic hydroxyl groups excluding tert-OH is 3. The van der Waals surface area contributed by atoms with E-state index in [4.69, 9.17) is 4.74 Å². The second-order valence-electron chi connectivity index (χ2n) is 7.96. The van der Waals surface area contributed by atoms with Gasteiger partial charge < -0.3 is 35.0 Å². The lowest BCUT2D eigenvalue weighted by atomic mass is 9.90. The molecule has 5 rings (SSSR count). The van der Waals surface area contributed by atoms with Crippen molar-refractivity contribution in [1.82, 2.24) is 9.88 Å². The van der Waals surface area contributed by atoms with E-state index in [2.05, 4.69) is 18.8 Å². The van der Waals surface area contributed by atoms with Crippen molar-refractivity contribution in [3.05, 3.63) is 46.7 Å². The first-order chi connectivity index (χ1) is 13.9. The summed E-state index contributed by atoms with van der Waals surface area (Å²) in [6, 6.07) is 5.32. The van der Waals surface area contributed by atoms with Crippen LogP contribution >= 0.6 is 0 Å². The van der Waals surface area contributed by atoms with E-state index in [0.29, 0.717) is 6.54 Å². The zero-order chi connectivity index (χ0) is 20.4. The number of H-pyrrole nitrogens is 1. The van der Waals surface area contributed by atoms with E-state index in [1.165, 1.54) is 0 Å². The number of nitrogens with one attached hydrogen (secondary N) is 1. The number of aryl methyl sites for hydroxylation is 2. The highest BCUT2D eigenvalue weighted by Gasteiger charge is 2.45. The van der Waals surface area contributed by atoms with Crippen molar-refractivity contribution in [2.45, 2.75) is 44.9 Å². The Bertz CT molecular complexity index is 1150. The first kappa shape index (κ1) is 18.4. The van der Waals surface area contributed by atoms with Crippen molar-refractivity contribution in [3.63, 3.8) is 0 Å². The number of hydrogen-bond donors (Lipinski definition) is 5. The molecular formula is C22H24N2O5. The molecule has 0 unspecified atom stereocenters. The second kappa shape index (κ2) is 6.47. The Morgan fingerprint density at radius 1 is 1.17 bits per heavy atom. The Labute approximate surface area is 167 Å². The van der Waals surface area contributed by atoms with Crippen molar-refractivity contribution in [2.24, 2.45) is 0 Å². The summed E-state index contributed by atoms with van der Waals surface area (Å²) in [6.07, 6.45) is 0.115. The molecule has 4 atom stereocenters. The van der Waals surface area contributed by atoms with Crippen molar-refractivity contribution >= 4 is 27.9 Å². The Kier molecular flexibility index (Phi) is 4.11. The van der Waals surface area contributed by atoms with Gasteiger partial charge in [-0.15, -0.1) is 0 Å². The SMILES string of the molecule is Cc1c2c(c(C)c3c1[nH]c1ccc(O)cc13)CN([C@@H]1O[C@H](CO)[C@@H](O)[C@H]1O)C=C2. The molecule has 0 bridgehead atoms. The van der Waals surface area contributed by atoms with E-state index in [9.17, 15) is 20.4 Å². The molecule has 5 N–H and O–H groups in total. The fraction of sp³-hybridized carbons (Fsp3) is 0.364. The average molecular weight is 396 g/mol. The lowest BCUT2D eigenvalue weighted by Gasteiger charge is -2.33. The lowest BCUT2D eigenvalue weighted by Crippen LogP contribution is -2.42. The van der Waals surface area contributed by atoms with Gasteiger partial charge in [0.05, 0.1) is 12.1 Å². The molecule has 2 aliphatic rings. The minimum Gasteiger partial charge on any atom is -0.508 e. The van der Waals surface area contributed by atoms with E-state index in [0.717, 1.165) is 44.1 Å². The van der Waals surface area contributed by atoms with Crippen LogP contribution in [0, 0.1) is 13.8 Å². The van der Waals surface area contributed by atoms with Gasteiger partial charge >= 0.3 is 0 Å². The largest absolute Gasteiger partial charge is 0.508 e. The van der Waals surface area contributed by atoms with Crippen molar-refractivity contribution < 1.29 is 25.2 Å². The second-order valence-corrected chi connectivity index (χ2v) is 7.96. The lowest BCUT2D eigenvalue weighted by molar-refractivity contribution is -0.0826. The first-order valence-corrected chi connectivity index (χ1v) is 9.73. The third kappa shape index (κ3) is 2.59. The number of ether oxygens (including phenoxy) is 1. The predicted octanol–water partition coefficient (Wildman–Crippen LogP) is 1.87. The van der Waals surface area contributed by atoms with E-state index in [1.807, 2.05) is 23.2 Å². The Hall–Kier alpha value is -2.58. The third-order valence-corrected chi connectivity index (χ3v) is 6.33. The van der Waals surface area contributed by atoms with Crippen LogP contribution in [0.15, 0.2) is 24.4 Å². The minimum absolute atomic E-state index is 0.223. The molecule has 0 aliphatic carbocycles. The summed E-state index contributed by atoms with van der Waals surface area (Å²) in [6.45, 7) is 4.29. The Morgan fingerprint density at radius 2 is 1.97 bits per heavy atom. The summed E-state index contributed by atoms with van der Waals surface area (Å²) in [4.78, 5) is 5.33. The molecule has 1 fully saturated rings. The van der Waals surface area contributed by atoms with Crippen LogP contribution in [0.3, 0.4) is 0 Å². The van der Waals surface area contributed by atoms with Gasteiger partial charge in [0.1, 0.15) is 24.1 Å². The number of benzene rings is 2. The van der Waals surface area contributed by atoms with Crippen LogP contribution in [-0.2, 0) is 11.3 Å². The van der Waals surface area contributed by atoms with Gasteiger partial charge in [0, 0.05) is 29.0 Å². The third-order valence-electron chi connectivity index (χ3n) is 6.33. The van der Waals surface area contributed by atoms with Crippen LogP contribution in [0.2, 0.25) is 0 Å². The standard InChI is InChI=1S/C22H24N2O5/c1-10-15-8-24(22-21(28)20(27)17(9-25)29-22)6-5-13(15)11(2)19-18(10)14-7-12(26)3-4-16(14)23-19/h3-7,17,20-23,25-28H,8-9H2,1-2H3/t17-,20-,21-,22-/m1/s1. The monoisotopic (exact) mass is 396 g/mol. The van der Waals surface area contributed by atoms with E-state index < -0.39 is 24.5 Å². The Balaban J connectivity index is 1.62. The van der Waals surface area contributed by atoms with Crippen LogP contribution in [-0.4, -0.2) is 61.5 Å². The summed E-state index contributed by atoms with van der Waals surface area (Å²) in [5, 5.41) is 41.9. The molecule has 0 amide bonds. The van der Waals surface area contributed by atoms with Crippen molar-refractivity contribution in [1.29, 1.82) is 0 Å². The first-order valence-electron chi connectivity index (χ1n) is 9.73. The van der Waals surface area contributed by atoms with Crippen LogP contribution in [0.4, 0.5) is 0 Å². The maximum atomic E-state index is 10.4. The number of rotatable bonds is 2. The number of nitrogens with zero attached hydrogens (tertiary/aromatic N) is 1. The summed E-state index contributed by atoms with van der Waals surface area (Å²) < 4.78 is 5.70. The fourth-order valence-corrected chi connectivity index (χ4v) is 4.73. The number of phenols is 1. The zero-order valence-corrected chi connectivity index (χ0v) is 16.3. The molecule has 1 saturated heterocycles. The molecule has 7 nitrogen and oxygen atoms in total. The predicted molar refractivity (Wildman–Crippen MR) is 109 cm³/mol. The molecule has 152 valence electrons. The highest BCUT2D eigenvalue weighted by molar-refractivity contribution is 6.11. The smallest absolute Gasteiger partial charge is 0.159 e. The van der Waals surface area contributed by atoms with Gasteiger partial charge in [-0.3, -0.25) is 0 Å². The maximum absolute atomic E-state index is 10.4. The van der Waals surface area contributed by atoms with E-state index >= 15 is 0 Å². The van der Waals surface area contributed by atoms with Gasteiger partial charge in [0.15, 0.2) is 6.23 Å². The molecule has 3 heterocycles. The molecular weight excluding hydrogens is 372 g/mol. The number of hydrogen-bond acceptors (Lipinski definition) is 6. The molecule has 0 radical (unpaired) electrons. The summed E-state index contributed by atoms with van der Waals surface area (Å²) >= 11 is 0. The topological polar surface area (TPSA) is 109 Å². The van der Waals surface area contributed by atoms with E-state index in [1.54, 1.807) is 12.1 Å². The average Bonchev–Trinajstić information content (AvgIpc) is 3.24. The number of aromatic hydroxyl groups is 1. The number of aliphatic hydroxyl groups is 3. The molecule has 2 aliphatic heterocycles. The van der Waals surface area contributed by atoms with Gasteiger partial charge in [0.2, 0.25) is 0 Å². The molecule has 0 spiro atoms. The normalized spacial score (nSPS) is 26.6. The van der Waals surface area contributed by atoms with Gasteiger partial charge in [-0.1, -0.05) is 0 Å². The highest BCUT2D eigenvalue weighted by Crippen LogP contribution is 2.39. The van der Waals surface area contributed by atoms with Gasteiger partial charge in [-0.2, -0.15) is 0 Å². The van der Waals surface area contributed by atoms with Crippen LogP contribution < -0.4 is 0 Å². The van der Waals surface area contributed by atoms with E-state index in [-0.39, 0.29) is 12.4 Å². The molecule has 0 saturated carbocycles. The molecule has 2 aromatic carbocycles. The minimum atomic E-state index is -1.12. The highest BCUT2D eigenvalue weighted by atomic mass is 16.6. The quantitative estimate of drug-likeness (QED) is 0.453. The molecule has 1 aromatic heterocycles.